The molecule has 1 aliphatic rings. The normalized spacial score (nSPS) is 13.5. The number of benzene rings is 2. The van der Waals surface area contributed by atoms with Crippen molar-refractivity contribution in [2.24, 2.45) is 0 Å². The topological polar surface area (TPSA) is 84.3 Å². The summed E-state index contributed by atoms with van der Waals surface area (Å²) in [6.45, 7) is 4.22. The molecule has 2 heterocycles. The maximum Gasteiger partial charge on any atom is 0.240 e. The van der Waals surface area contributed by atoms with Gasteiger partial charge in [-0.2, -0.15) is 0 Å². The van der Waals surface area contributed by atoms with E-state index < -0.39 is 10.0 Å². The fourth-order valence-electron chi connectivity index (χ4n) is 3.56. The summed E-state index contributed by atoms with van der Waals surface area (Å²) in [6.07, 6.45) is 4.28. The molecule has 0 unspecified atom stereocenters. The van der Waals surface area contributed by atoms with Crippen molar-refractivity contribution in [3.63, 3.8) is 0 Å². The summed E-state index contributed by atoms with van der Waals surface area (Å²) in [6, 6.07) is 12.6. The zero-order valence-corrected chi connectivity index (χ0v) is 17.1. The summed E-state index contributed by atoms with van der Waals surface area (Å²) in [5, 5.41) is 0. The molecule has 7 nitrogen and oxygen atoms in total. The highest BCUT2D eigenvalue weighted by atomic mass is 32.2. The number of aromatic nitrogens is 2. The molecule has 1 aromatic heterocycles. The van der Waals surface area contributed by atoms with E-state index >= 15 is 0 Å². The van der Waals surface area contributed by atoms with E-state index in [1.807, 2.05) is 42.0 Å². The zero-order chi connectivity index (χ0) is 20.6. The minimum Gasteiger partial charge on any atom is -0.312 e. The maximum absolute atomic E-state index is 12.7. The SMILES string of the molecule is CC(=O)N1CCc2cc(S(=O)(=O)NCc3ccc(-n4ccnc4C)cc3)ccc21. The minimum atomic E-state index is -3.65. The summed E-state index contributed by atoms with van der Waals surface area (Å²) in [5.41, 5.74) is 3.50. The lowest BCUT2D eigenvalue weighted by atomic mass is 10.2. The van der Waals surface area contributed by atoms with Crippen molar-refractivity contribution < 1.29 is 13.2 Å². The van der Waals surface area contributed by atoms with Crippen molar-refractivity contribution in [3.05, 3.63) is 71.8 Å². The number of nitrogens with one attached hydrogen (secondary N) is 1. The van der Waals surface area contributed by atoms with Gasteiger partial charge >= 0.3 is 0 Å². The standard InChI is InChI=1S/C21H22N4O3S/c1-15-22-10-12-24(15)19-5-3-17(4-6-19)14-23-29(27,28)20-7-8-21-18(13-20)9-11-25(21)16(2)26/h3-8,10,12-13,23H,9,11,14H2,1-2H3. The van der Waals surface area contributed by atoms with Crippen LogP contribution in [0, 0.1) is 6.92 Å². The van der Waals surface area contributed by atoms with Gasteiger partial charge in [0.2, 0.25) is 15.9 Å². The van der Waals surface area contributed by atoms with E-state index in [0.29, 0.717) is 13.0 Å². The van der Waals surface area contributed by atoms with Crippen LogP contribution in [-0.4, -0.2) is 30.4 Å². The van der Waals surface area contributed by atoms with Crippen LogP contribution < -0.4 is 9.62 Å². The van der Waals surface area contributed by atoms with Crippen LogP contribution in [0.2, 0.25) is 0 Å². The van der Waals surface area contributed by atoms with Crippen LogP contribution in [-0.2, 0) is 27.8 Å². The number of amides is 1. The first kappa shape index (κ1) is 19.4. The van der Waals surface area contributed by atoms with E-state index in [0.717, 1.165) is 28.3 Å². The molecule has 0 saturated heterocycles. The number of imidazole rings is 1. The Kier molecular flexibility index (Phi) is 4.97. The van der Waals surface area contributed by atoms with Gasteiger partial charge in [-0.15, -0.1) is 0 Å². The molecule has 8 heteroatoms. The number of rotatable bonds is 5. The Morgan fingerprint density at radius 2 is 1.93 bits per heavy atom. The van der Waals surface area contributed by atoms with Crippen LogP contribution in [0.3, 0.4) is 0 Å². The lowest BCUT2D eigenvalue weighted by molar-refractivity contribution is -0.116. The van der Waals surface area contributed by atoms with Gasteiger partial charge in [0.25, 0.3) is 0 Å². The Morgan fingerprint density at radius 1 is 1.17 bits per heavy atom. The number of aryl methyl sites for hydroxylation is 1. The van der Waals surface area contributed by atoms with Gasteiger partial charge in [-0.1, -0.05) is 12.1 Å². The van der Waals surface area contributed by atoms with Gasteiger partial charge in [0.05, 0.1) is 4.90 Å². The Hall–Kier alpha value is -2.97. The molecule has 0 aliphatic carbocycles. The summed E-state index contributed by atoms with van der Waals surface area (Å²) in [4.78, 5) is 17.7. The molecular weight excluding hydrogens is 388 g/mol. The fraction of sp³-hybridized carbons (Fsp3) is 0.238. The molecule has 0 spiro atoms. The van der Waals surface area contributed by atoms with Gasteiger partial charge in [0.15, 0.2) is 0 Å². The number of hydrogen-bond acceptors (Lipinski definition) is 4. The second-order valence-electron chi connectivity index (χ2n) is 7.05. The van der Waals surface area contributed by atoms with Crippen molar-refractivity contribution >= 4 is 21.6 Å². The lowest BCUT2D eigenvalue weighted by Gasteiger charge is -2.15. The predicted molar refractivity (Wildman–Crippen MR) is 110 cm³/mol. The predicted octanol–water partition coefficient (Wildman–Crippen LogP) is 2.57. The number of nitrogens with zero attached hydrogens (tertiary/aromatic N) is 3. The summed E-state index contributed by atoms with van der Waals surface area (Å²) in [7, 11) is -3.65. The first-order chi connectivity index (χ1) is 13.8. The Labute approximate surface area is 170 Å². The Bertz CT molecular complexity index is 1170. The van der Waals surface area contributed by atoms with Gasteiger partial charge in [0, 0.05) is 43.8 Å². The second-order valence-corrected chi connectivity index (χ2v) is 8.81. The smallest absolute Gasteiger partial charge is 0.240 e. The molecule has 1 N–H and O–H groups in total. The second kappa shape index (κ2) is 7.46. The molecule has 0 radical (unpaired) electrons. The van der Waals surface area contributed by atoms with Gasteiger partial charge in [0.1, 0.15) is 5.82 Å². The lowest BCUT2D eigenvalue weighted by Crippen LogP contribution is -2.26. The summed E-state index contributed by atoms with van der Waals surface area (Å²) < 4.78 is 30.0. The molecule has 0 saturated carbocycles. The number of sulfonamides is 1. The summed E-state index contributed by atoms with van der Waals surface area (Å²) in [5.74, 6) is 0.852. The maximum atomic E-state index is 12.7. The van der Waals surface area contributed by atoms with Crippen molar-refractivity contribution in [3.8, 4) is 5.69 Å². The number of hydrogen-bond donors (Lipinski definition) is 1. The molecular formula is C21H22N4O3S. The first-order valence-corrected chi connectivity index (χ1v) is 10.8. The quantitative estimate of drug-likeness (QED) is 0.701. The van der Waals surface area contributed by atoms with E-state index in [4.69, 9.17) is 0 Å². The molecule has 0 fully saturated rings. The van der Waals surface area contributed by atoms with E-state index in [1.54, 1.807) is 29.3 Å². The Balaban J connectivity index is 1.47. The highest BCUT2D eigenvalue weighted by Crippen LogP contribution is 2.30. The average molecular weight is 410 g/mol. The van der Waals surface area contributed by atoms with E-state index in [1.165, 1.54) is 6.92 Å². The molecule has 0 bridgehead atoms. The molecule has 2 aromatic carbocycles. The third kappa shape index (κ3) is 3.81. The van der Waals surface area contributed by atoms with Gasteiger partial charge < -0.3 is 9.47 Å². The number of anilines is 1. The van der Waals surface area contributed by atoms with Crippen LogP contribution in [0.15, 0.2) is 59.8 Å². The molecule has 0 atom stereocenters. The molecule has 150 valence electrons. The van der Waals surface area contributed by atoms with Crippen LogP contribution >= 0.6 is 0 Å². The first-order valence-electron chi connectivity index (χ1n) is 9.35. The molecule has 29 heavy (non-hydrogen) atoms. The monoisotopic (exact) mass is 410 g/mol. The Morgan fingerprint density at radius 3 is 2.59 bits per heavy atom. The molecule has 1 amide bonds. The highest BCUT2D eigenvalue weighted by molar-refractivity contribution is 7.89. The number of carbonyl (C=O) groups excluding carboxylic acids is 1. The largest absolute Gasteiger partial charge is 0.312 e. The van der Waals surface area contributed by atoms with Gasteiger partial charge in [-0.3, -0.25) is 4.79 Å². The van der Waals surface area contributed by atoms with Crippen LogP contribution in [0.5, 0.6) is 0 Å². The van der Waals surface area contributed by atoms with Gasteiger partial charge in [-0.05, 0) is 54.8 Å². The van der Waals surface area contributed by atoms with Crippen LogP contribution in [0.25, 0.3) is 5.69 Å². The van der Waals surface area contributed by atoms with Gasteiger partial charge in [-0.25, -0.2) is 18.1 Å². The van der Waals surface area contributed by atoms with Crippen LogP contribution in [0.4, 0.5) is 5.69 Å². The van der Waals surface area contributed by atoms with E-state index in [-0.39, 0.29) is 17.3 Å². The van der Waals surface area contributed by atoms with Crippen molar-refractivity contribution in [1.82, 2.24) is 14.3 Å². The fourth-order valence-corrected chi connectivity index (χ4v) is 4.63. The third-order valence-corrected chi connectivity index (χ3v) is 6.54. The van der Waals surface area contributed by atoms with Crippen molar-refractivity contribution in [1.29, 1.82) is 0 Å². The molecule has 3 aromatic rings. The highest BCUT2D eigenvalue weighted by Gasteiger charge is 2.24. The van der Waals surface area contributed by atoms with Crippen molar-refractivity contribution in [2.45, 2.75) is 31.7 Å². The molecule has 4 rings (SSSR count). The average Bonchev–Trinajstić information content (AvgIpc) is 3.32. The van der Waals surface area contributed by atoms with Crippen LogP contribution in [0.1, 0.15) is 23.9 Å². The number of fused-ring (bicyclic) bond motifs is 1. The molecule has 1 aliphatic heterocycles. The van der Waals surface area contributed by atoms with Crippen molar-refractivity contribution in [2.75, 3.05) is 11.4 Å². The third-order valence-electron chi connectivity index (χ3n) is 5.14. The van der Waals surface area contributed by atoms with E-state index in [2.05, 4.69) is 9.71 Å². The minimum absolute atomic E-state index is 0.0354. The van der Waals surface area contributed by atoms with E-state index in [9.17, 15) is 13.2 Å². The number of carbonyl (C=O) groups is 1. The zero-order valence-electron chi connectivity index (χ0n) is 16.3. The summed E-state index contributed by atoms with van der Waals surface area (Å²) >= 11 is 0.